The summed E-state index contributed by atoms with van der Waals surface area (Å²) >= 11 is 0. The first-order chi connectivity index (χ1) is 10.7. The van der Waals surface area contributed by atoms with Crippen LogP contribution in [0.2, 0.25) is 0 Å². The van der Waals surface area contributed by atoms with Gasteiger partial charge in [0.2, 0.25) is 5.95 Å². The number of aromatic nitrogens is 4. The van der Waals surface area contributed by atoms with E-state index >= 15 is 0 Å². The molecule has 0 aliphatic heterocycles. The van der Waals surface area contributed by atoms with Crippen LogP contribution in [0.5, 0.6) is 5.88 Å². The normalized spacial score (nSPS) is 10.4. The average molecular weight is 323 g/mol. The van der Waals surface area contributed by atoms with Crippen molar-refractivity contribution in [1.82, 2.24) is 19.5 Å². The Bertz CT molecular complexity index is 641. The zero-order valence-electron chi connectivity index (χ0n) is 12.9. The van der Waals surface area contributed by atoms with Gasteiger partial charge in [0.1, 0.15) is 0 Å². The molecule has 23 heavy (non-hydrogen) atoms. The zero-order valence-corrected chi connectivity index (χ0v) is 12.9. The molecule has 0 radical (unpaired) electrons. The van der Waals surface area contributed by atoms with Crippen molar-refractivity contribution in [2.24, 2.45) is 0 Å². The van der Waals surface area contributed by atoms with E-state index in [9.17, 15) is 4.79 Å². The van der Waals surface area contributed by atoms with Gasteiger partial charge in [0.15, 0.2) is 11.2 Å². The van der Waals surface area contributed by atoms with Crippen molar-refractivity contribution in [3.63, 3.8) is 0 Å². The fourth-order valence-electron chi connectivity index (χ4n) is 2.10. The summed E-state index contributed by atoms with van der Waals surface area (Å²) in [6.45, 7) is 4.86. The summed E-state index contributed by atoms with van der Waals surface area (Å²) in [5.41, 5.74) is 1.10. The third kappa shape index (κ3) is 4.88. The number of ether oxygens (including phenoxy) is 1. The number of hydrogen-bond acceptors (Lipinski definition) is 7. The molecule has 0 bridgehead atoms. The van der Waals surface area contributed by atoms with Crippen molar-refractivity contribution in [2.75, 3.05) is 18.5 Å². The number of aliphatic hydroxyl groups excluding tert-OH is 1. The van der Waals surface area contributed by atoms with Crippen molar-refractivity contribution < 1.29 is 14.6 Å². The van der Waals surface area contributed by atoms with Gasteiger partial charge in [-0.1, -0.05) is 7.43 Å². The molecule has 8 nitrogen and oxygen atoms in total. The highest BCUT2D eigenvalue weighted by molar-refractivity contribution is 5.81. The number of carbonyl (C=O) groups is 1. The Kier molecular flexibility index (Phi) is 7.40. The Balaban J connectivity index is 0.00000264. The molecule has 128 valence electrons. The number of carbonyl (C=O) groups excluding carboxylic acids is 1. The highest BCUT2D eigenvalue weighted by Gasteiger charge is 2.15. The third-order valence-corrected chi connectivity index (χ3v) is 3.06. The average Bonchev–Trinajstić information content (AvgIpc) is 2.87. The van der Waals surface area contributed by atoms with Gasteiger partial charge in [0, 0.05) is 26.6 Å². The van der Waals surface area contributed by atoms with Crippen LogP contribution in [-0.4, -0.2) is 43.7 Å². The molecule has 0 fully saturated rings. The van der Waals surface area contributed by atoms with Crippen molar-refractivity contribution in [2.45, 2.75) is 47.1 Å². The Morgan fingerprint density at radius 3 is 2.78 bits per heavy atom. The topological polar surface area (TPSA) is 102 Å². The second-order valence-corrected chi connectivity index (χ2v) is 4.87. The van der Waals surface area contributed by atoms with E-state index in [1.54, 1.807) is 6.33 Å². The number of nitrogens with one attached hydrogen (secondary N) is 1. The summed E-state index contributed by atoms with van der Waals surface area (Å²) in [7, 11) is 0. The minimum Gasteiger partial charge on any atom is -0.405 e. The van der Waals surface area contributed by atoms with Crippen LogP contribution in [-0.2, 0) is 11.3 Å². The molecule has 2 N–H and O–H groups in total. The maximum Gasteiger partial charge on any atom is 0.309 e. The Morgan fingerprint density at radius 2 is 2.13 bits per heavy atom. The van der Waals surface area contributed by atoms with Gasteiger partial charge in [0.05, 0.1) is 6.33 Å². The number of hydrogen-bond donors (Lipinski definition) is 2. The quantitative estimate of drug-likeness (QED) is 0.565. The molecule has 0 atom stereocenters. The maximum atomic E-state index is 11.2. The van der Waals surface area contributed by atoms with Crippen LogP contribution in [0, 0.1) is 0 Å². The molecular formula is C15H25N5O3. The first-order valence-corrected chi connectivity index (χ1v) is 7.41. The number of unbranched alkanes of at least 4 members (excludes halogenated alkanes) is 2. The number of anilines is 1. The maximum absolute atomic E-state index is 11.2. The predicted molar refractivity (Wildman–Crippen MR) is 88.5 cm³/mol. The van der Waals surface area contributed by atoms with Crippen molar-refractivity contribution >= 4 is 23.1 Å². The lowest BCUT2D eigenvalue weighted by Crippen LogP contribution is -2.09. The molecule has 0 saturated heterocycles. The van der Waals surface area contributed by atoms with Gasteiger partial charge in [-0.15, -0.1) is 0 Å². The van der Waals surface area contributed by atoms with Crippen LogP contribution in [0.3, 0.4) is 0 Å². The molecule has 2 heterocycles. The molecule has 2 rings (SSSR count). The second kappa shape index (κ2) is 9.04. The molecule has 2 aromatic rings. The van der Waals surface area contributed by atoms with E-state index in [4.69, 9.17) is 9.84 Å². The molecule has 0 amide bonds. The molecule has 8 heteroatoms. The van der Waals surface area contributed by atoms with E-state index in [2.05, 4.69) is 20.3 Å². The first-order valence-electron chi connectivity index (χ1n) is 7.41. The highest BCUT2D eigenvalue weighted by Crippen LogP contribution is 2.23. The molecule has 0 saturated carbocycles. The summed E-state index contributed by atoms with van der Waals surface area (Å²) < 4.78 is 7.04. The van der Waals surface area contributed by atoms with Gasteiger partial charge in [-0.25, -0.2) is 4.98 Å². The summed E-state index contributed by atoms with van der Waals surface area (Å²) in [6, 6.07) is 0. The molecule has 0 aliphatic rings. The molecule has 0 aromatic carbocycles. The standard InChI is InChI=1S/C14H21N5O3.CH4/c1-3-15-14-17-12-11(13(18-14)22-10(2)21)16-9-19(12)7-5-4-6-8-20;/h9,20H,3-8H2,1-2H3,(H,15,17,18);1H4. The second-order valence-electron chi connectivity index (χ2n) is 4.87. The van der Waals surface area contributed by atoms with Crippen molar-refractivity contribution in [3.05, 3.63) is 6.33 Å². The van der Waals surface area contributed by atoms with Gasteiger partial charge < -0.3 is 19.7 Å². The minimum absolute atomic E-state index is 0. The van der Waals surface area contributed by atoms with Gasteiger partial charge in [-0.3, -0.25) is 4.79 Å². The first kappa shape index (κ1) is 18.8. The van der Waals surface area contributed by atoms with Gasteiger partial charge in [-0.2, -0.15) is 9.97 Å². The van der Waals surface area contributed by atoms with E-state index < -0.39 is 5.97 Å². The molecule has 0 unspecified atom stereocenters. The summed E-state index contributed by atoms with van der Waals surface area (Å²) in [5, 5.41) is 11.8. The van der Waals surface area contributed by atoms with Crippen LogP contribution in [0.15, 0.2) is 6.33 Å². The highest BCUT2D eigenvalue weighted by atomic mass is 16.5. The molecule has 0 spiro atoms. The van der Waals surface area contributed by atoms with Gasteiger partial charge >= 0.3 is 5.97 Å². The van der Waals surface area contributed by atoms with E-state index in [0.29, 0.717) is 23.7 Å². The van der Waals surface area contributed by atoms with E-state index in [1.807, 2.05) is 11.5 Å². The zero-order chi connectivity index (χ0) is 15.9. The van der Waals surface area contributed by atoms with Crippen LogP contribution in [0.4, 0.5) is 5.95 Å². The smallest absolute Gasteiger partial charge is 0.309 e. The lowest BCUT2D eigenvalue weighted by Gasteiger charge is -2.07. The predicted octanol–water partition coefficient (Wildman–Crippen LogP) is 1.98. The SMILES string of the molecule is C.CCNc1nc(OC(C)=O)c2ncn(CCCCCO)c2n1. The molecular weight excluding hydrogens is 298 g/mol. The minimum atomic E-state index is -0.444. The number of rotatable bonds is 8. The monoisotopic (exact) mass is 323 g/mol. The summed E-state index contributed by atoms with van der Waals surface area (Å²) in [4.78, 5) is 24.1. The largest absolute Gasteiger partial charge is 0.405 e. The number of imidazole rings is 1. The van der Waals surface area contributed by atoms with Gasteiger partial charge in [-0.05, 0) is 26.2 Å². The third-order valence-electron chi connectivity index (χ3n) is 3.06. The van der Waals surface area contributed by atoms with E-state index in [-0.39, 0.29) is 19.9 Å². The Hall–Kier alpha value is -2.22. The number of aryl methyl sites for hydroxylation is 1. The lowest BCUT2D eigenvalue weighted by molar-refractivity contribution is -0.132. The Labute approximate surface area is 135 Å². The van der Waals surface area contributed by atoms with Crippen LogP contribution >= 0.6 is 0 Å². The fourth-order valence-corrected chi connectivity index (χ4v) is 2.10. The summed E-state index contributed by atoms with van der Waals surface area (Å²) in [5.74, 6) is 0.130. The Morgan fingerprint density at radius 1 is 1.35 bits per heavy atom. The van der Waals surface area contributed by atoms with Crippen molar-refractivity contribution in [1.29, 1.82) is 0 Å². The molecule has 0 aliphatic carbocycles. The van der Waals surface area contributed by atoms with Crippen LogP contribution in [0.25, 0.3) is 11.2 Å². The lowest BCUT2D eigenvalue weighted by atomic mass is 10.2. The molecule has 2 aromatic heterocycles. The number of esters is 1. The number of nitrogens with zero attached hydrogens (tertiary/aromatic N) is 4. The van der Waals surface area contributed by atoms with E-state index in [0.717, 1.165) is 25.8 Å². The fraction of sp³-hybridized carbons (Fsp3) is 0.600. The van der Waals surface area contributed by atoms with Crippen LogP contribution in [0.1, 0.15) is 40.5 Å². The van der Waals surface area contributed by atoms with Crippen LogP contribution < -0.4 is 10.1 Å². The van der Waals surface area contributed by atoms with Crippen molar-refractivity contribution in [3.8, 4) is 5.88 Å². The number of aliphatic hydroxyl groups is 1. The summed E-state index contributed by atoms with van der Waals surface area (Å²) in [6.07, 6.45) is 4.29. The van der Waals surface area contributed by atoms with Gasteiger partial charge in [0.25, 0.3) is 5.88 Å². The van der Waals surface area contributed by atoms with E-state index in [1.165, 1.54) is 6.92 Å². The number of fused-ring (bicyclic) bond motifs is 1.